The molecule has 0 amide bonds. The molecule has 4 unspecified atom stereocenters. The molecule has 2 aliphatic rings. The van der Waals surface area contributed by atoms with Gasteiger partial charge in [-0.1, -0.05) is 64.2 Å². The molecule has 3 nitrogen and oxygen atoms in total. The van der Waals surface area contributed by atoms with Crippen molar-refractivity contribution in [1.82, 2.24) is 0 Å². The molecule has 2 saturated heterocycles. The minimum atomic E-state index is -3.42. The van der Waals surface area contributed by atoms with Crippen LogP contribution >= 0.6 is 0 Å². The highest BCUT2D eigenvalue weighted by Gasteiger charge is 2.33. The van der Waals surface area contributed by atoms with Crippen LogP contribution in [0.25, 0.3) is 0 Å². The summed E-state index contributed by atoms with van der Waals surface area (Å²) in [4.78, 5) is 0. The van der Waals surface area contributed by atoms with Crippen molar-refractivity contribution in [2.75, 3.05) is 19.8 Å². The lowest BCUT2D eigenvalue weighted by atomic mass is 9.89. The maximum Gasteiger partial charge on any atom is 0.285 e. The van der Waals surface area contributed by atoms with Crippen molar-refractivity contribution in [1.29, 1.82) is 0 Å². The summed E-state index contributed by atoms with van der Waals surface area (Å²) in [5.41, 5.74) is 0.753. The summed E-state index contributed by atoms with van der Waals surface area (Å²) >= 11 is 0. The van der Waals surface area contributed by atoms with E-state index in [2.05, 4.69) is 13.8 Å². The molecular weight excluding hydrogens is 551 g/mol. The van der Waals surface area contributed by atoms with Gasteiger partial charge in [-0.15, -0.1) is 0 Å². The van der Waals surface area contributed by atoms with Crippen LogP contribution in [0.1, 0.15) is 113 Å². The van der Waals surface area contributed by atoms with Crippen LogP contribution in [0.15, 0.2) is 30.3 Å². The maximum atomic E-state index is 15.0. The highest BCUT2D eigenvalue weighted by molar-refractivity contribution is 5.34. The van der Waals surface area contributed by atoms with Crippen LogP contribution in [-0.2, 0) is 15.9 Å². The number of benzene rings is 2. The van der Waals surface area contributed by atoms with Crippen LogP contribution in [0.4, 0.5) is 22.0 Å². The molecule has 8 heteroatoms. The van der Waals surface area contributed by atoms with Crippen molar-refractivity contribution in [2.24, 2.45) is 0 Å². The van der Waals surface area contributed by atoms with Crippen LogP contribution in [0.3, 0.4) is 0 Å². The number of halogens is 5. The second-order valence-corrected chi connectivity index (χ2v) is 12.1. The van der Waals surface area contributed by atoms with Crippen LogP contribution in [-0.4, -0.2) is 38.0 Å². The lowest BCUT2D eigenvalue weighted by Crippen LogP contribution is -2.29. The number of ether oxygens (including phenoxy) is 3. The Hall–Kier alpha value is -2.19. The van der Waals surface area contributed by atoms with E-state index < -0.39 is 42.2 Å². The SMILES string of the molecule is CCCCCCC1CCC(c2ccc(CC(F)(F)COc3ccc(C4CCC(CCC)OC4)c(F)c3F)cc2F)CO1. The standard InChI is InChI=1S/C34H45F5O3/c1-3-5-6-7-9-27-14-11-24(20-41-27)28-15-10-23(18-30(28)35)19-34(38,39)22-42-31-17-16-29(32(36)33(31)37)25-12-13-26(8-4-2)40-21-25/h10,15-18,24-27H,3-9,11-14,19-22H2,1-2H3. The molecule has 2 aromatic rings. The monoisotopic (exact) mass is 596 g/mol. The summed E-state index contributed by atoms with van der Waals surface area (Å²) in [6.45, 7) is 3.80. The molecule has 0 bridgehead atoms. The van der Waals surface area contributed by atoms with E-state index in [4.69, 9.17) is 14.2 Å². The third kappa shape index (κ3) is 8.91. The van der Waals surface area contributed by atoms with E-state index in [0.29, 0.717) is 25.2 Å². The third-order valence-electron chi connectivity index (χ3n) is 8.65. The molecule has 0 radical (unpaired) electrons. The first kappa shape index (κ1) is 32.7. The van der Waals surface area contributed by atoms with Gasteiger partial charge in [0.05, 0.1) is 25.4 Å². The summed E-state index contributed by atoms with van der Waals surface area (Å²) in [7, 11) is 0. The van der Waals surface area contributed by atoms with Crippen molar-refractivity contribution in [3.8, 4) is 5.75 Å². The Morgan fingerprint density at radius 1 is 0.762 bits per heavy atom. The molecule has 234 valence electrons. The topological polar surface area (TPSA) is 27.7 Å². The number of alkyl halides is 2. The normalized spacial score (nSPS) is 23.2. The van der Waals surface area contributed by atoms with Gasteiger partial charge in [-0.2, -0.15) is 4.39 Å². The molecule has 2 aromatic carbocycles. The zero-order chi connectivity index (χ0) is 30.1. The van der Waals surface area contributed by atoms with Gasteiger partial charge in [-0.3, -0.25) is 0 Å². The average Bonchev–Trinajstić information content (AvgIpc) is 2.97. The second kappa shape index (κ2) is 15.5. The molecule has 0 N–H and O–H groups in total. The Labute approximate surface area is 247 Å². The summed E-state index contributed by atoms with van der Waals surface area (Å²) in [6, 6.07) is 6.77. The Morgan fingerprint density at radius 2 is 1.43 bits per heavy atom. The lowest BCUT2D eigenvalue weighted by molar-refractivity contribution is -0.0411. The van der Waals surface area contributed by atoms with Crippen molar-refractivity contribution in [2.45, 2.75) is 121 Å². The Kier molecular flexibility index (Phi) is 12.1. The van der Waals surface area contributed by atoms with Crippen molar-refractivity contribution < 1.29 is 36.2 Å². The predicted octanol–water partition coefficient (Wildman–Crippen LogP) is 9.66. The Bertz CT molecular complexity index is 1120. The highest BCUT2D eigenvalue weighted by Crippen LogP contribution is 2.36. The molecule has 0 saturated carbocycles. The quantitative estimate of drug-likeness (QED) is 0.161. The molecule has 0 aliphatic carbocycles. The van der Waals surface area contributed by atoms with E-state index in [1.807, 2.05) is 0 Å². The fourth-order valence-electron chi connectivity index (χ4n) is 6.20. The Morgan fingerprint density at radius 3 is 2.05 bits per heavy atom. The van der Waals surface area contributed by atoms with Crippen molar-refractivity contribution in [3.63, 3.8) is 0 Å². The zero-order valence-electron chi connectivity index (χ0n) is 24.9. The zero-order valence-corrected chi connectivity index (χ0v) is 24.9. The van der Waals surface area contributed by atoms with Gasteiger partial charge >= 0.3 is 0 Å². The van der Waals surface area contributed by atoms with Gasteiger partial charge in [0, 0.05) is 18.3 Å². The van der Waals surface area contributed by atoms with Gasteiger partial charge < -0.3 is 14.2 Å². The van der Waals surface area contributed by atoms with E-state index in [1.54, 1.807) is 6.07 Å². The van der Waals surface area contributed by atoms with E-state index >= 15 is 0 Å². The molecule has 0 aromatic heterocycles. The highest BCUT2D eigenvalue weighted by atomic mass is 19.3. The molecule has 0 spiro atoms. The van der Waals surface area contributed by atoms with Crippen LogP contribution < -0.4 is 4.74 Å². The molecule has 2 fully saturated rings. The summed E-state index contributed by atoms with van der Waals surface area (Å²) in [5.74, 6) is -7.29. The van der Waals surface area contributed by atoms with Crippen LogP contribution in [0, 0.1) is 17.5 Å². The van der Waals surface area contributed by atoms with E-state index in [-0.39, 0.29) is 35.2 Å². The van der Waals surface area contributed by atoms with E-state index in [9.17, 15) is 22.0 Å². The second-order valence-electron chi connectivity index (χ2n) is 12.1. The largest absolute Gasteiger partial charge is 0.484 e. The fraction of sp³-hybridized carbons (Fsp3) is 0.647. The molecule has 2 heterocycles. The van der Waals surface area contributed by atoms with Crippen molar-refractivity contribution >= 4 is 0 Å². The van der Waals surface area contributed by atoms with Crippen LogP contribution in [0.5, 0.6) is 5.75 Å². The molecule has 2 aliphatic heterocycles. The number of hydrogen-bond donors (Lipinski definition) is 0. The summed E-state index contributed by atoms with van der Waals surface area (Å²) < 4.78 is 90.9. The molecular formula is C34H45F5O3. The molecule has 42 heavy (non-hydrogen) atoms. The first-order chi connectivity index (χ1) is 20.2. The van der Waals surface area contributed by atoms with Gasteiger partial charge in [0.2, 0.25) is 5.82 Å². The molecule has 4 atom stereocenters. The summed E-state index contributed by atoms with van der Waals surface area (Å²) in [5, 5.41) is 0. The van der Waals surface area contributed by atoms with E-state index in [0.717, 1.165) is 51.0 Å². The lowest BCUT2D eigenvalue weighted by Gasteiger charge is -2.30. The van der Waals surface area contributed by atoms with Gasteiger partial charge in [-0.05, 0) is 67.3 Å². The fourth-order valence-corrected chi connectivity index (χ4v) is 6.20. The van der Waals surface area contributed by atoms with Gasteiger partial charge in [-0.25, -0.2) is 17.6 Å². The Balaban J connectivity index is 1.28. The van der Waals surface area contributed by atoms with E-state index in [1.165, 1.54) is 37.5 Å². The van der Waals surface area contributed by atoms with Crippen LogP contribution in [0.2, 0.25) is 0 Å². The van der Waals surface area contributed by atoms with Gasteiger partial charge in [0.1, 0.15) is 5.82 Å². The summed E-state index contributed by atoms with van der Waals surface area (Å²) in [6.07, 6.45) is 10.3. The van der Waals surface area contributed by atoms with Gasteiger partial charge in [0.25, 0.3) is 5.92 Å². The number of hydrogen-bond acceptors (Lipinski definition) is 3. The van der Waals surface area contributed by atoms with Gasteiger partial charge in [0.15, 0.2) is 18.2 Å². The first-order valence-corrected chi connectivity index (χ1v) is 15.7. The predicted molar refractivity (Wildman–Crippen MR) is 154 cm³/mol. The average molecular weight is 597 g/mol. The minimum absolute atomic E-state index is 0.103. The minimum Gasteiger partial charge on any atom is -0.484 e. The van der Waals surface area contributed by atoms with Crippen molar-refractivity contribution in [3.05, 3.63) is 64.5 Å². The number of rotatable bonds is 14. The maximum absolute atomic E-state index is 15.0. The number of unbranched alkanes of at least 4 members (excludes halogenated alkanes) is 3. The first-order valence-electron chi connectivity index (χ1n) is 15.7. The third-order valence-corrected chi connectivity index (χ3v) is 8.65. The smallest absolute Gasteiger partial charge is 0.285 e. The molecule has 4 rings (SSSR count).